The molecule has 1 saturated carbocycles. The van der Waals surface area contributed by atoms with Crippen LogP contribution in [-0.2, 0) is 10.0 Å². The van der Waals surface area contributed by atoms with E-state index in [9.17, 15) is 12.8 Å². The maximum Gasteiger partial charge on any atom is 0.216 e. The van der Waals surface area contributed by atoms with Crippen molar-refractivity contribution in [1.82, 2.24) is 14.7 Å². The van der Waals surface area contributed by atoms with Gasteiger partial charge in [0.2, 0.25) is 10.0 Å². The number of fused-ring (bicyclic) bond motifs is 1. The molecule has 7 heteroatoms. The Bertz CT molecular complexity index is 1160. The Morgan fingerprint density at radius 1 is 1.07 bits per heavy atom. The molecule has 30 heavy (non-hydrogen) atoms. The van der Waals surface area contributed by atoms with Gasteiger partial charge in [-0.1, -0.05) is 12.1 Å². The highest BCUT2D eigenvalue weighted by Crippen LogP contribution is 2.35. The van der Waals surface area contributed by atoms with E-state index in [4.69, 9.17) is 0 Å². The van der Waals surface area contributed by atoms with Gasteiger partial charge in [-0.15, -0.1) is 0 Å². The first-order valence-electron chi connectivity index (χ1n) is 10.4. The molecule has 1 aromatic carbocycles. The number of hydrogen-bond acceptors (Lipinski definition) is 3. The van der Waals surface area contributed by atoms with Crippen LogP contribution < -0.4 is 4.72 Å². The van der Waals surface area contributed by atoms with Crippen LogP contribution in [0.4, 0.5) is 4.39 Å². The van der Waals surface area contributed by atoms with E-state index in [2.05, 4.69) is 14.7 Å². The zero-order valence-electron chi connectivity index (χ0n) is 17.6. The number of nitrogens with zero attached hydrogens (tertiary/aromatic N) is 1. The largest absolute Gasteiger partial charge is 0.357 e. The van der Waals surface area contributed by atoms with Crippen LogP contribution >= 0.6 is 0 Å². The van der Waals surface area contributed by atoms with E-state index in [1.807, 2.05) is 18.2 Å². The molecule has 2 heterocycles. The predicted molar refractivity (Wildman–Crippen MR) is 118 cm³/mol. The first-order valence-corrected chi connectivity index (χ1v) is 11.9. The minimum absolute atomic E-state index is 0.0133. The third kappa shape index (κ3) is 4.14. The van der Waals surface area contributed by atoms with E-state index in [1.54, 1.807) is 39.0 Å². The molecule has 2 N–H and O–H groups in total. The van der Waals surface area contributed by atoms with E-state index in [0.717, 1.165) is 42.4 Å². The van der Waals surface area contributed by atoms with Crippen molar-refractivity contribution in [3.63, 3.8) is 0 Å². The maximum absolute atomic E-state index is 14.1. The molecule has 4 rings (SSSR count). The second kappa shape index (κ2) is 7.78. The molecule has 0 saturated heterocycles. The van der Waals surface area contributed by atoms with E-state index >= 15 is 0 Å². The Hall–Kier alpha value is -2.25. The molecule has 1 aliphatic carbocycles. The molecule has 0 unspecified atom stereocenters. The summed E-state index contributed by atoms with van der Waals surface area (Å²) in [5.41, 5.74) is 3.97. The van der Waals surface area contributed by atoms with Crippen molar-refractivity contribution < 1.29 is 12.8 Å². The Kier molecular flexibility index (Phi) is 5.45. The van der Waals surface area contributed by atoms with Gasteiger partial charge in [-0.3, -0.25) is 0 Å². The minimum Gasteiger partial charge on any atom is -0.357 e. The molecule has 1 aliphatic rings. The number of H-pyrrole nitrogens is 1. The molecule has 2 aromatic heterocycles. The molecule has 0 radical (unpaired) electrons. The van der Waals surface area contributed by atoms with E-state index in [-0.39, 0.29) is 11.9 Å². The van der Waals surface area contributed by atoms with Gasteiger partial charge in [-0.05, 0) is 82.7 Å². The molecule has 5 nitrogen and oxygen atoms in total. The van der Waals surface area contributed by atoms with Gasteiger partial charge in [0.1, 0.15) is 5.82 Å². The molecule has 3 aromatic rings. The third-order valence-electron chi connectivity index (χ3n) is 5.94. The van der Waals surface area contributed by atoms with Gasteiger partial charge in [-0.2, -0.15) is 0 Å². The van der Waals surface area contributed by atoms with Crippen LogP contribution in [0.1, 0.15) is 58.1 Å². The summed E-state index contributed by atoms with van der Waals surface area (Å²) in [4.78, 5) is 8.10. The van der Waals surface area contributed by atoms with Crippen molar-refractivity contribution in [3.05, 3.63) is 54.0 Å². The number of pyridine rings is 1. The Balaban J connectivity index is 1.48. The van der Waals surface area contributed by atoms with Gasteiger partial charge >= 0.3 is 0 Å². The van der Waals surface area contributed by atoms with Gasteiger partial charge in [0.15, 0.2) is 0 Å². The molecule has 0 spiro atoms. The summed E-state index contributed by atoms with van der Waals surface area (Å²) in [6.45, 7) is 5.15. The molecule has 1 fully saturated rings. The van der Waals surface area contributed by atoms with E-state index in [1.165, 1.54) is 6.07 Å². The summed E-state index contributed by atoms with van der Waals surface area (Å²) >= 11 is 0. The molecule has 0 bridgehead atoms. The summed E-state index contributed by atoms with van der Waals surface area (Å²) < 4.78 is 41.0. The number of hydrogen-bond donors (Lipinski definition) is 2. The number of halogens is 1. The van der Waals surface area contributed by atoms with Gasteiger partial charge in [0.05, 0.1) is 21.5 Å². The fourth-order valence-corrected chi connectivity index (χ4v) is 5.01. The smallest absolute Gasteiger partial charge is 0.216 e. The van der Waals surface area contributed by atoms with Crippen LogP contribution in [-0.4, -0.2) is 29.2 Å². The Labute approximate surface area is 177 Å². The number of rotatable bonds is 4. The van der Waals surface area contributed by atoms with Crippen LogP contribution in [0.2, 0.25) is 0 Å². The summed E-state index contributed by atoms with van der Waals surface area (Å²) in [7, 11) is -3.33. The van der Waals surface area contributed by atoms with Crippen LogP contribution in [0, 0.1) is 5.82 Å². The topological polar surface area (TPSA) is 74.8 Å². The Morgan fingerprint density at radius 3 is 2.43 bits per heavy atom. The van der Waals surface area contributed by atoms with Gasteiger partial charge in [0, 0.05) is 17.3 Å². The highest BCUT2D eigenvalue weighted by Gasteiger charge is 2.33. The van der Waals surface area contributed by atoms with Crippen LogP contribution in [0.3, 0.4) is 0 Å². The van der Waals surface area contributed by atoms with Crippen molar-refractivity contribution in [3.8, 4) is 11.3 Å². The lowest BCUT2D eigenvalue weighted by atomic mass is 9.84. The fraction of sp³-hybridized carbons (Fsp3) is 0.435. The number of benzene rings is 1. The van der Waals surface area contributed by atoms with Crippen molar-refractivity contribution >= 4 is 21.1 Å². The van der Waals surface area contributed by atoms with Crippen molar-refractivity contribution in [1.29, 1.82) is 0 Å². The lowest BCUT2D eigenvalue weighted by molar-refractivity contribution is 0.368. The third-order valence-corrected chi connectivity index (χ3v) is 8.20. The quantitative estimate of drug-likeness (QED) is 0.605. The summed E-state index contributed by atoms with van der Waals surface area (Å²) in [5, 5.41) is 0. The predicted octanol–water partition coefficient (Wildman–Crippen LogP) is 5.11. The van der Waals surface area contributed by atoms with Crippen molar-refractivity contribution in [2.24, 2.45) is 0 Å². The lowest BCUT2D eigenvalue weighted by Crippen LogP contribution is -2.45. The summed E-state index contributed by atoms with van der Waals surface area (Å²) in [5.74, 6) is 0.0580. The zero-order valence-corrected chi connectivity index (χ0v) is 18.4. The molecular weight excluding hydrogens is 401 g/mol. The average molecular weight is 430 g/mol. The first kappa shape index (κ1) is 21.0. The monoisotopic (exact) mass is 429 g/mol. The highest BCUT2D eigenvalue weighted by molar-refractivity contribution is 7.90. The van der Waals surface area contributed by atoms with E-state index < -0.39 is 14.8 Å². The second-order valence-corrected chi connectivity index (χ2v) is 11.6. The summed E-state index contributed by atoms with van der Waals surface area (Å²) in [6, 6.07) is 12.5. The van der Waals surface area contributed by atoms with Crippen molar-refractivity contribution in [2.75, 3.05) is 0 Å². The standard InChI is InChI=1S/C23H28FN3O2S/c1-23(2,3)30(28,29)27-16-10-8-15(9-11-16)21-14-22-20(26-21)13-12-19(25-22)17-6-4-5-7-18(17)24/h4-7,12-16,26-27H,8-11H2,1-3H3. The highest BCUT2D eigenvalue weighted by atomic mass is 32.2. The Morgan fingerprint density at radius 2 is 1.77 bits per heavy atom. The fourth-order valence-electron chi connectivity index (χ4n) is 3.99. The average Bonchev–Trinajstić information content (AvgIpc) is 3.11. The molecular formula is C23H28FN3O2S. The normalized spacial score (nSPS) is 20.5. The van der Waals surface area contributed by atoms with Crippen LogP contribution in [0.15, 0.2) is 42.5 Å². The second-order valence-electron chi connectivity index (χ2n) is 9.12. The van der Waals surface area contributed by atoms with Crippen LogP contribution in [0.5, 0.6) is 0 Å². The number of aromatic nitrogens is 2. The molecule has 0 amide bonds. The molecule has 0 atom stereocenters. The van der Waals surface area contributed by atoms with Crippen molar-refractivity contribution in [2.45, 2.75) is 63.2 Å². The summed E-state index contributed by atoms with van der Waals surface area (Å²) in [6.07, 6.45) is 3.43. The molecule has 160 valence electrons. The molecule has 0 aliphatic heterocycles. The van der Waals surface area contributed by atoms with E-state index in [0.29, 0.717) is 17.2 Å². The first-order chi connectivity index (χ1) is 14.1. The number of sulfonamides is 1. The number of nitrogens with one attached hydrogen (secondary N) is 2. The lowest BCUT2D eigenvalue weighted by Gasteiger charge is -2.31. The van der Waals surface area contributed by atoms with Crippen LogP contribution in [0.25, 0.3) is 22.3 Å². The zero-order chi connectivity index (χ0) is 21.5. The van der Waals surface area contributed by atoms with Gasteiger partial charge < -0.3 is 4.98 Å². The maximum atomic E-state index is 14.1. The minimum atomic E-state index is -3.33. The van der Waals surface area contributed by atoms with Gasteiger partial charge in [-0.25, -0.2) is 22.5 Å². The number of aromatic amines is 1. The van der Waals surface area contributed by atoms with Gasteiger partial charge in [0.25, 0.3) is 0 Å². The SMILES string of the molecule is CC(C)(C)S(=O)(=O)NC1CCC(c2cc3nc(-c4ccccc4F)ccc3[nH]2)CC1.